The largest absolute Gasteiger partial charge is 0.497 e. The minimum atomic E-state index is -0.114. The van der Waals surface area contributed by atoms with Gasteiger partial charge in [-0.1, -0.05) is 24.3 Å². The molecule has 160 valence electrons. The van der Waals surface area contributed by atoms with Gasteiger partial charge in [-0.2, -0.15) is 0 Å². The molecule has 1 N–H and O–H groups in total. The number of rotatable bonds is 4. The molecule has 0 radical (unpaired) electrons. The minimum absolute atomic E-state index is 0.114. The van der Waals surface area contributed by atoms with Crippen LogP contribution in [-0.4, -0.2) is 60.1 Å². The van der Waals surface area contributed by atoms with Crippen molar-refractivity contribution >= 4 is 22.9 Å². The van der Waals surface area contributed by atoms with E-state index in [1.807, 2.05) is 18.2 Å². The fraction of sp³-hybridized carbons (Fsp3) is 0.391. The molecular formula is C23H26N6O2. The summed E-state index contributed by atoms with van der Waals surface area (Å²) in [4.78, 5) is 14.4. The van der Waals surface area contributed by atoms with Crippen LogP contribution in [0.15, 0.2) is 53.5 Å². The van der Waals surface area contributed by atoms with Gasteiger partial charge in [0.1, 0.15) is 11.9 Å². The third-order valence-electron chi connectivity index (χ3n) is 6.26. The van der Waals surface area contributed by atoms with Crippen LogP contribution in [0.2, 0.25) is 0 Å². The summed E-state index contributed by atoms with van der Waals surface area (Å²) in [7, 11) is 1.70. The fourth-order valence-electron chi connectivity index (χ4n) is 4.74. The number of nitrogens with zero attached hydrogens (tertiary/aromatic N) is 5. The standard InChI is InChI=1S/C23H26N6O2/c1-30-17-7-4-6-16(12-17)21-26-22-24-14-27(13-18-8-5-11-31-18)15-28(22)23-25-19-9-2-3-10-20(19)29(21)23/h2-4,6-7,9-10,12,18,21H,5,8,11,13-15H2,1H3,(H,24,26)/t18-,21-/m1/s1. The average molecular weight is 419 g/mol. The Morgan fingerprint density at radius 1 is 1.19 bits per heavy atom. The molecule has 3 aromatic rings. The molecule has 3 aliphatic heterocycles. The topological polar surface area (TPSA) is 67.2 Å². The van der Waals surface area contributed by atoms with Crippen molar-refractivity contribution in [3.05, 3.63) is 54.1 Å². The van der Waals surface area contributed by atoms with E-state index < -0.39 is 0 Å². The Morgan fingerprint density at radius 2 is 2.13 bits per heavy atom. The first-order chi connectivity index (χ1) is 15.3. The molecule has 8 heteroatoms. The number of benzene rings is 2. The number of aromatic nitrogens is 2. The maximum Gasteiger partial charge on any atom is 0.216 e. The van der Waals surface area contributed by atoms with Crippen LogP contribution in [0.25, 0.3) is 11.0 Å². The summed E-state index contributed by atoms with van der Waals surface area (Å²) in [5, 5.41) is 3.66. The van der Waals surface area contributed by atoms with Gasteiger partial charge in [-0.25, -0.2) is 9.98 Å². The second-order valence-electron chi connectivity index (χ2n) is 8.28. The van der Waals surface area contributed by atoms with Crippen LogP contribution in [0.3, 0.4) is 0 Å². The van der Waals surface area contributed by atoms with Crippen molar-refractivity contribution < 1.29 is 9.47 Å². The molecule has 31 heavy (non-hydrogen) atoms. The van der Waals surface area contributed by atoms with Crippen molar-refractivity contribution in [2.75, 3.05) is 38.5 Å². The first-order valence-electron chi connectivity index (χ1n) is 10.8. The summed E-state index contributed by atoms with van der Waals surface area (Å²) in [6.45, 7) is 3.16. The zero-order chi connectivity index (χ0) is 20.8. The summed E-state index contributed by atoms with van der Waals surface area (Å²) in [6, 6.07) is 16.4. The molecule has 3 aliphatic rings. The molecular weight excluding hydrogens is 392 g/mol. The number of nitrogens with one attached hydrogen (secondary N) is 1. The smallest absolute Gasteiger partial charge is 0.216 e. The number of hydrogen-bond acceptors (Lipinski definition) is 7. The van der Waals surface area contributed by atoms with E-state index in [2.05, 4.69) is 50.0 Å². The third-order valence-corrected chi connectivity index (χ3v) is 6.26. The first-order valence-corrected chi connectivity index (χ1v) is 10.8. The zero-order valence-electron chi connectivity index (χ0n) is 17.6. The van der Waals surface area contributed by atoms with E-state index in [9.17, 15) is 0 Å². The van der Waals surface area contributed by atoms with Gasteiger partial charge in [0.05, 0.1) is 37.6 Å². The lowest BCUT2D eigenvalue weighted by atomic mass is 10.1. The maximum absolute atomic E-state index is 5.85. The fourth-order valence-corrected chi connectivity index (χ4v) is 4.74. The quantitative estimate of drug-likeness (QED) is 0.703. The molecule has 0 amide bonds. The van der Waals surface area contributed by atoms with Crippen LogP contribution < -0.4 is 15.0 Å². The van der Waals surface area contributed by atoms with Gasteiger partial charge in [0.2, 0.25) is 11.9 Å². The van der Waals surface area contributed by atoms with Crippen molar-refractivity contribution in [1.29, 1.82) is 0 Å². The molecule has 1 fully saturated rings. The number of aliphatic imine (C=N–C) groups is 1. The SMILES string of the molecule is COc1cccc([C@@H]2NC3=NCN(C[C@H]4CCCO4)CN3c3nc4ccccc4n32)c1. The maximum atomic E-state index is 5.85. The monoisotopic (exact) mass is 418 g/mol. The third kappa shape index (κ3) is 3.23. The second kappa shape index (κ2) is 7.55. The Morgan fingerprint density at radius 3 is 3.00 bits per heavy atom. The molecule has 0 spiro atoms. The van der Waals surface area contributed by atoms with Gasteiger partial charge < -0.3 is 14.8 Å². The Kier molecular flexibility index (Phi) is 4.54. The summed E-state index contributed by atoms with van der Waals surface area (Å²) in [6.07, 6.45) is 2.47. The molecule has 2 atom stereocenters. The van der Waals surface area contributed by atoms with E-state index >= 15 is 0 Å². The highest BCUT2D eigenvalue weighted by atomic mass is 16.5. The summed E-state index contributed by atoms with van der Waals surface area (Å²) in [5.74, 6) is 2.60. The van der Waals surface area contributed by atoms with Crippen molar-refractivity contribution in [3.8, 4) is 5.75 Å². The highest BCUT2D eigenvalue weighted by Gasteiger charge is 2.36. The highest BCUT2D eigenvalue weighted by molar-refractivity contribution is 5.98. The number of hydrogen-bond donors (Lipinski definition) is 1. The van der Waals surface area contributed by atoms with E-state index in [1.54, 1.807) is 7.11 Å². The van der Waals surface area contributed by atoms with E-state index in [0.29, 0.717) is 12.8 Å². The lowest BCUT2D eigenvalue weighted by Gasteiger charge is -2.42. The normalized spacial score (nSPS) is 23.3. The van der Waals surface area contributed by atoms with Gasteiger partial charge in [-0.05, 0) is 42.7 Å². The predicted octanol–water partition coefficient (Wildman–Crippen LogP) is 2.77. The van der Waals surface area contributed by atoms with Crippen LogP contribution >= 0.6 is 0 Å². The van der Waals surface area contributed by atoms with Gasteiger partial charge in [-0.15, -0.1) is 0 Å². The van der Waals surface area contributed by atoms with Gasteiger partial charge >= 0.3 is 0 Å². The Labute approximate surface area is 181 Å². The van der Waals surface area contributed by atoms with E-state index in [-0.39, 0.29) is 6.17 Å². The van der Waals surface area contributed by atoms with Gasteiger partial charge in [0.25, 0.3) is 0 Å². The Hall–Kier alpha value is -3.10. The number of imidazole rings is 1. The van der Waals surface area contributed by atoms with Crippen LogP contribution in [0.5, 0.6) is 5.75 Å². The number of ether oxygens (including phenoxy) is 2. The molecule has 8 nitrogen and oxygen atoms in total. The van der Waals surface area contributed by atoms with Gasteiger partial charge in [0, 0.05) is 13.2 Å². The second-order valence-corrected chi connectivity index (χ2v) is 8.28. The molecule has 6 rings (SSSR count). The minimum Gasteiger partial charge on any atom is -0.497 e. The molecule has 1 aromatic heterocycles. The van der Waals surface area contributed by atoms with Crippen LogP contribution in [0, 0.1) is 0 Å². The lowest BCUT2D eigenvalue weighted by Crippen LogP contribution is -2.58. The van der Waals surface area contributed by atoms with Crippen molar-refractivity contribution in [2.24, 2.45) is 4.99 Å². The summed E-state index contributed by atoms with van der Waals surface area (Å²) in [5.41, 5.74) is 3.17. The van der Waals surface area contributed by atoms with E-state index in [4.69, 9.17) is 19.5 Å². The molecule has 2 aromatic carbocycles. The molecule has 0 unspecified atom stereocenters. The van der Waals surface area contributed by atoms with E-state index in [0.717, 1.165) is 66.9 Å². The molecule has 0 aliphatic carbocycles. The van der Waals surface area contributed by atoms with Gasteiger partial charge in [0.15, 0.2) is 0 Å². The van der Waals surface area contributed by atoms with Crippen molar-refractivity contribution in [1.82, 2.24) is 19.8 Å². The number of anilines is 1. The van der Waals surface area contributed by atoms with Crippen LogP contribution in [-0.2, 0) is 4.74 Å². The predicted molar refractivity (Wildman–Crippen MR) is 119 cm³/mol. The molecule has 0 bridgehead atoms. The Balaban J connectivity index is 1.41. The lowest BCUT2D eigenvalue weighted by molar-refractivity contribution is 0.0732. The average Bonchev–Trinajstić information content (AvgIpc) is 3.46. The molecule has 1 saturated heterocycles. The number of guanidine groups is 1. The Bertz CT molecular complexity index is 1140. The van der Waals surface area contributed by atoms with Gasteiger partial charge in [-0.3, -0.25) is 14.4 Å². The number of fused-ring (bicyclic) bond motifs is 5. The van der Waals surface area contributed by atoms with Crippen LogP contribution in [0.1, 0.15) is 24.6 Å². The number of methoxy groups -OCH3 is 1. The first kappa shape index (κ1) is 18.7. The van der Waals surface area contributed by atoms with Crippen molar-refractivity contribution in [2.45, 2.75) is 25.1 Å². The summed E-state index contributed by atoms with van der Waals surface area (Å²) >= 11 is 0. The molecule has 4 heterocycles. The molecule has 0 saturated carbocycles. The van der Waals surface area contributed by atoms with Crippen molar-refractivity contribution in [3.63, 3.8) is 0 Å². The highest BCUT2D eigenvalue weighted by Crippen LogP contribution is 2.34. The number of para-hydroxylation sites is 2. The van der Waals surface area contributed by atoms with Crippen LogP contribution in [0.4, 0.5) is 5.95 Å². The van der Waals surface area contributed by atoms with E-state index in [1.165, 1.54) is 0 Å². The zero-order valence-corrected chi connectivity index (χ0v) is 17.6. The summed E-state index contributed by atoms with van der Waals surface area (Å²) < 4.78 is 13.6.